The maximum absolute atomic E-state index is 12.7. The number of aliphatic hydroxyl groups excluding tert-OH is 1. The summed E-state index contributed by atoms with van der Waals surface area (Å²) >= 11 is 6.55. The van der Waals surface area contributed by atoms with Gasteiger partial charge in [0.05, 0.1) is 10.9 Å². The Morgan fingerprint density at radius 2 is 1.19 bits per heavy atom. The molecule has 0 aliphatic rings. The van der Waals surface area contributed by atoms with Gasteiger partial charge in [0.1, 0.15) is 0 Å². The molecule has 0 aliphatic heterocycles. The summed E-state index contributed by atoms with van der Waals surface area (Å²) in [5.41, 5.74) is 1.96. The minimum atomic E-state index is -0.581. The van der Waals surface area contributed by atoms with Crippen molar-refractivity contribution in [1.29, 1.82) is 0 Å². The highest BCUT2D eigenvalue weighted by Gasteiger charge is 2.24. The van der Waals surface area contributed by atoms with Crippen molar-refractivity contribution in [2.45, 2.75) is 32.9 Å². The number of benzene rings is 3. The number of halogens is 1. The number of ketones is 2. The van der Waals surface area contributed by atoms with Gasteiger partial charge >= 0.3 is 0 Å². The molecule has 0 aliphatic carbocycles. The third-order valence-electron chi connectivity index (χ3n) is 4.49. The van der Waals surface area contributed by atoms with E-state index in [2.05, 4.69) is 15.9 Å². The number of rotatable bonds is 9. The lowest BCUT2D eigenvalue weighted by molar-refractivity contribution is 0.0960. The largest absolute Gasteiger partial charge is 0.396 e. The van der Waals surface area contributed by atoms with E-state index in [9.17, 15) is 9.59 Å². The second-order valence-electron chi connectivity index (χ2n) is 7.38. The van der Waals surface area contributed by atoms with Crippen LogP contribution < -0.4 is 0 Å². The molecule has 0 bridgehead atoms. The molecule has 0 spiro atoms. The lowest BCUT2D eigenvalue weighted by Crippen LogP contribution is -2.23. The lowest BCUT2D eigenvalue weighted by atomic mass is 10.0. The van der Waals surface area contributed by atoms with Gasteiger partial charge in [-0.2, -0.15) is 0 Å². The summed E-state index contributed by atoms with van der Waals surface area (Å²) in [7, 11) is 0. The number of thioether (sulfide) groups is 1. The molecule has 0 saturated heterocycles. The van der Waals surface area contributed by atoms with Crippen molar-refractivity contribution in [2.75, 3.05) is 12.4 Å². The van der Waals surface area contributed by atoms with Crippen molar-refractivity contribution in [3.8, 4) is 0 Å². The van der Waals surface area contributed by atoms with Gasteiger partial charge in [-0.15, -0.1) is 11.8 Å². The fourth-order valence-electron chi connectivity index (χ4n) is 2.86. The second-order valence-corrected chi connectivity index (χ2v) is 11.7. The van der Waals surface area contributed by atoms with Gasteiger partial charge < -0.3 is 5.11 Å². The van der Waals surface area contributed by atoms with Crippen molar-refractivity contribution in [1.82, 2.24) is 0 Å². The summed E-state index contributed by atoms with van der Waals surface area (Å²) in [6.07, 6.45) is 0. The van der Waals surface area contributed by atoms with E-state index in [1.54, 1.807) is 23.5 Å². The highest BCUT2D eigenvalue weighted by molar-refractivity contribution is 9.10. The van der Waals surface area contributed by atoms with E-state index < -0.39 is 4.32 Å². The van der Waals surface area contributed by atoms with Crippen molar-refractivity contribution in [3.63, 3.8) is 0 Å². The number of hydrogen-bond acceptors (Lipinski definition) is 5. The molecule has 0 atom stereocenters. The number of hydrogen-bond donors (Lipinski definition) is 1. The highest BCUT2D eigenvalue weighted by atomic mass is 79.9. The predicted octanol–water partition coefficient (Wildman–Crippen LogP) is 6.51. The van der Waals surface area contributed by atoms with E-state index in [1.807, 2.05) is 86.6 Å². The summed E-state index contributed by atoms with van der Waals surface area (Å²) in [5.74, 6) is 0.669. The molecule has 0 aromatic heterocycles. The molecule has 3 aromatic carbocycles. The molecule has 0 radical (unpaired) electrons. The molecule has 0 fully saturated rings. The molecular formula is C25H23BrO3S2. The molecule has 3 nitrogen and oxygen atoms in total. The van der Waals surface area contributed by atoms with E-state index in [4.69, 9.17) is 5.11 Å². The fourth-order valence-corrected chi connectivity index (χ4v) is 4.56. The van der Waals surface area contributed by atoms with Crippen LogP contribution in [0.1, 0.15) is 40.1 Å². The SMILES string of the molecule is CC(C)(Br)C(=O)c1ccc(Sc2ccc(C(=O)c3ccc(SCCO)cc3)cc2)cc1. The molecular weight excluding hydrogens is 492 g/mol. The molecule has 160 valence electrons. The topological polar surface area (TPSA) is 54.4 Å². The Balaban J connectivity index is 1.65. The van der Waals surface area contributed by atoms with Crippen LogP contribution in [-0.4, -0.2) is 33.4 Å². The quantitative estimate of drug-likeness (QED) is 0.200. The molecule has 6 heteroatoms. The lowest BCUT2D eigenvalue weighted by Gasteiger charge is -2.14. The number of Topliss-reactive ketones (excluding diaryl/α,β-unsaturated/α-hetero) is 1. The Labute approximate surface area is 199 Å². The maximum Gasteiger partial charge on any atom is 0.193 e. The molecule has 0 saturated carbocycles. The molecule has 1 N–H and O–H groups in total. The minimum absolute atomic E-state index is 0.0180. The molecule has 0 amide bonds. The van der Waals surface area contributed by atoms with Crippen LogP contribution in [0.2, 0.25) is 0 Å². The summed E-state index contributed by atoms with van der Waals surface area (Å²) in [6.45, 7) is 3.81. The number of carbonyl (C=O) groups excluding carboxylic acids is 2. The van der Waals surface area contributed by atoms with Crippen LogP contribution in [0.5, 0.6) is 0 Å². The minimum Gasteiger partial charge on any atom is -0.396 e. The number of carbonyl (C=O) groups is 2. The van der Waals surface area contributed by atoms with Gasteiger partial charge in [-0.25, -0.2) is 0 Å². The summed E-state index contributed by atoms with van der Waals surface area (Å²) in [6, 6.07) is 22.6. The van der Waals surface area contributed by atoms with Crippen molar-refractivity contribution in [2.24, 2.45) is 0 Å². The van der Waals surface area contributed by atoms with E-state index in [-0.39, 0.29) is 18.2 Å². The summed E-state index contributed by atoms with van der Waals surface area (Å²) < 4.78 is -0.581. The van der Waals surface area contributed by atoms with Gasteiger partial charge in [-0.3, -0.25) is 9.59 Å². The van der Waals surface area contributed by atoms with Crippen LogP contribution >= 0.6 is 39.5 Å². The first-order chi connectivity index (χ1) is 14.8. The van der Waals surface area contributed by atoms with Crippen molar-refractivity contribution >= 4 is 51.0 Å². The first kappa shape index (κ1) is 23.8. The third kappa shape index (κ3) is 6.56. The smallest absolute Gasteiger partial charge is 0.193 e. The highest BCUT2D eigenvalue weighted by Crippen LogP contribution is 2.30. The normalized spacial score (nSPS) is 11.4. The van der Waals surface area contributed by atoms with Crippen LogP contribution in [0.4, 0.5) is 0 Å². The molecule has 31 heavy (non-hydrogen) atoms. The third-order valence-corrected chi connectivity index (χ3v) is 6.85. The zero-order valence-corrected chi connectivity index (χ0v) is 20.5. The first-order valence-corrected chi connectivity index (χ1v) is 12.4. The van der Waals surface area contributed by atoms with Gasteiger partial charge in [0, 0.05) is 37.1 Å². The monoisotopic (exact) mass is 514 g/mol. The van der Waals surface area contributed by atoms with Gasteiger partial charge in [-0.1, -0.05) is 39.8 Å². The Bertz CT molecular complexity index is 1040. The molecule has 3 aromatic rings. The van der Waals surface area contributed by atoms with Gasteiger partial charge in [0.25, 0.3) is 0 Å². The zero-order chi connectivity index (χ0) is 22.4. The van der Waals surface area contributed by atoms with E-state index in [0.717, 1.165) is 14.7 Å². The van der Waals surface area contributed by atoms with E-state index >= 15 is 0 Å². The predicted molar refractivity (Wildman–Crippen MR) is 132 cm³/mol. The Morgan fingerprint density at radius 3 is 1.61 bits per heavy atom. The van der Waals surface area contributed by atoms with Gasteiger partial charge in [-0.05, 0) is 74.5 Å². The van der Waals surface area contributed by atoms with Crippen LogP contribution in [0.3, 0.4) is 0 Å². The van der Waals surface area contributed by atoms with E-state index in [1.165, 1.54) is 0 Å². The molecule has 0 unspecified atom stereocenters. The first-order valence-electron chi connectivity index (χ1n) is 9.78. The number of aliphatic hydroxyl groups is 1. The van der Waals surface area contributed by atoms with Gasteiger partial charge in [0.15, 0.2) is 11.6 Å². The van der Waals surface area contributed by atoms with E-state index in [0.29, 0.717) is 22.4 Å². The van der Waals surface area contributed by atoms with Gasteiger partial charge in [0.2, 0.25) is 0 Å². The second kappa shape index (κ2) is 10.6. The summed E-state index contributed by atoms with van der Waals surface area (Å²) in [5, 5.41) is 8.91. The fraction of sp³-hybridized carbons (Fsp3) is 0.200. The Kier molecular flexibility index (Phi) is 8.17. The number of alkyl halides is 1. The van der Waals surface area contributed by atoms with Crippen LogP contribution in [-0.2, 0) is 0 Å². The average molecular weight is 515 g/mol. The van der Waals surface area contributed by atoms with Crippen molar-refractivity contribution < 1.29 is 14.7 Å². The van der Waals surface area contributed by atoms with Crippen LogP contribution in [0.25, 0.3) is 0 Å². The molecule has 3 rings (SSSR count). The Hall–Kier alpha value is -1.86. The summed E-state index contributed by atoms with van der Waals surface area (Å²) in [4.78, 5) is 28.1. The Morgan fingerprint density at radius 1 is 0.774 bits per heavy atom. The average Bonchev–Trinajstić information content (AvgIpc) is 2.77. The van der Waals surface area contributed by atoms with Crippen LogP contribution in [0, 0.1) is 0 Å². The standard InChI is InChI=1S/C25H23BrO3S2/c1-25(2,26)24(29)19-7-13-22(14-8-19)31-21-11-5-18(6-12-21)23(28)17-3-9-20(10-4-17)30-16-15-27/h3-14,27H,15-16H2,1-2H3. The van der Waals surface area contributed by atoms with Crippen molar-refractivity contribution in [3.05, 3.63) is 89.5 Å². The van der Waals surface area contributed by atoms with Crippen LogP contribution in [0.15, 0.2) is 87.5 Å². The molecule has 0 heterocycles. The maximum atomic E-state index is 12.7. The zero-order valence-electron chi connectivity index (χ0n) is 17.3.